The third-order valence-corrected chi connectivity index (χ3v) is 3.71. The first kappa shape index (κ1) is 15.9. The number of nitrogens with two attached hydrogens (primary N) is 1. The molecule has 0 bridgehead atoms. The van der Waals surface area contributed by atoms with Crippen LogP contribution in [0.3, 0.4) is 0 Å². The van der Waals surface area contributed by atoms with Gasteiger partial charge in [0.1, 0.15) is 5.82 Å². The number of nitrogens with one attached hydrogen (secondary N) is 2. The highest BCUT2D eigenvalue weighted by Crippen LogP contribution is 2.14. The maximum absolute atomic E-state index is 13.4. The average Bonchev–Trinajstić information content (AvgIpc) is 2.46. The molecule has 0 radical (unpaired) electrons. The minimum Gasteiger partial charge on any atom is -0.374 e. The van der Waals surface area contributed by atoms with Crippen LogP contribution in [0.4, 0.5) is 15.8 Å². The molecule has 2 aromatic carbocycles. The first-order valence-electron chi connectivity index (χ1n) is 6.27. The van der Waals surface area contributed by atoms with Gasteiger partial charge in [0.25, 0.3) is 0 Å². The van der Waals surface area contributed by atoms with Crippen molar-refractivity contribution in [3.8, 4) is 0 Å². The van der Waals surface area contributed by atoms with Gasteiger partial charge in [0.05, 0.1) is 17.1 Å². The summed E-state index contributed by atoms with van der Waals surface area (Å²) in [6.45, 7) is -0.127. The summed E-state index contributed by atoms with van der Waals surface area (Å²) in [4.78, 5) is 11.7. The predicted molar refractivity (Wildman–Crippen MR) is 81.3 cm³/mol. The lowest BCUT2D eigenvalue weighted by molar-refractivity contribution is -0.114. The Hall–Kier alpha value is -2.45. The van der Waals surface area contributed by atoms with Gasteiger partial charge in [-0.15, -0.1) is 0 Å². The minimum absolute atomic E-state index is 0.0463. The van der Waals surface area contributed by atoms with E-state index in [4.69, 9.17) is 5.14 Å². The van der Waals surface area contributed by atoms with E-state index in [9.17, 15) is 17.6 Å². The molecule has 0 fully saturated rings. The second-order valence-corrected chi connectivity index (χ2v) is 6.01. The topological polar surface area (TPSA) is 101 Å². The van der Waals surface area contributed by atoms with Crippen molar-refractivity contribution in [3.05, 3.63) is 54.3 Å². The van der Waals surface area contributed by atoms with Crippen LogP contribution in [0, 0.1) is 5.82 Å². The lowest BCUT2D eigenvalue weighted by Gasteiger charge is -2.08. The number of amides is 1. The minimum atomic E-state index is -3.77. The van der Waals surface area contributed by atoms with Crippen LogP contribution in [0.2, 0.25) is 0 Å². The largest absolute Gasteiger partial charge is 0.374 e. The van der Waals surface area contributed by atoms with E-state index in [1.165, 1.54) is 36.4 Å². The van der Waals surface area contributed by atoms with Crippen molar-refractivity contribution in [1.29, 1.82) is 0 Å². The van der Waals surface area contributed by atoms with Crippen LogP contribution in [0.25, 0.3) is 0 Å². The molecule has 0 aliphatic heterocycles. The highest BCUT2D eigenvalue weighted by atomic mass is 32.2. The van der Waals surface area contributed by atoms with Gasteiger partial charge in [-0.3, -0.25) is 4.79 Å². The summed E-state index contributed by atoms with van der Waals surface area (Å²) in [5, 5.41) is 10.2. The fraction of sp³-hybridized carbons (Fsp3) is 0.0714. The number of hydrogen-bond acceptors (Lipinski definition) is 4. The van der Waals surface area contributed by atoms with Gasteiger partial charge >= 0.3 is 0 Å². The van der Waals surface area contributed by atoms with Crippen molar-refractivity contribution in [2.75, 3.05) is 17.2 Å². The van der Waals surface area contributed by atoms with E-state index >= 15 is 0 Å². The Morgan fingerprint density at radius 2 is 1.73 bits per heavy atom. The monoisotopic (exact) mass is 323 g/mol. The number of benzene rings is 2. The predicted octanol–water partition coefficient (Wildman–Crippen LogP) is 1.52. The number of halogens is 1. The smallest absolute Gasteiger partial charge is 0.243 e. The number of carbonyl (C=O) groups is 1. The van der Waals surface area contributed by atoms with Crippen LogP contribution in [0.15, 0.2) is 53.4 Å². The van der Waals surface area contributed by atoms with E-state index in [0.29, 0.717) is 5.69 Å². The lowest BCUT2D eigenvalue weighted by atomic mass is 10.3. The first-order valence-corrected chi connectivity index (χ1v) is 7.82. The fourth-order valence-corrected chi connectivity index (χ4v) is 2.23. The average molecular weight is 323 g/mol. The molecule has 0 aliphatic rings. The molecule has 6 nitrogen and oxygen atoms in total. The number of carbonyl (C=O) groups excluding carboxylic acids is 1. The molecule has 2 rings (SSSR count). The van der Waals surface area contributed by atoms with Gasteiger partial charge in [0.2, 0.25) is 15.9 Å². The Morgan fingerprint density at radius 1 is 1.09 bits per heavy atom. The Kier molecular flexibility index (Phi) is 4.74. The number of sulfonamides is 1. The van der Waals surface area contributed by atoms with Crippen molar-refractivity contribution in [2.24, 2.45) is 5.14 Å². The molecular weight excluding hydrogens is 309 g/mol. The number of para-hydroxylation sites is 1. The standard InChI is InChI=1S/C14H14FN3O3S/c15-12-3-1-2-4-13(12)17-9-14(19)18-10-5-7-11(8-6-10)22(16,20)21/h1-8,17H,9H2,(H,18,19)(H2,16,20,21). The molecule has 0 aliphatic carbocycles. The van der Waals surface area contributed by atoms with Crippen molar-refractivity contribution in [3.63, 3.8) is 0 Å². The van der Waals surface area contributed by atoms with Crippen LogP contribution >= 0.6 is 0 Å². The van der Waals surface area contributed by atoms with Crippen LogP contribution in [0.5, 0.6) is 0 Å². The van der Waals surface area contributed by atoms with Gasteiger partial charge in [0.15, 0.2) is 0 Å². The summed E-state index contributed by atoms with van der Waals surface area (Å²) in [5.74, 6) is -0.848. The highest BCUT2D eigenvalue weighted by molar-refractivity contribution is 7.89. The maximum atomic E-state index is 13.4. The van der Waals surface area contributed by atoms with Crippen molar-refractivity contribution >= 4 is 27.3 Å². The summed E-state index contributed by atoms with van der Waals surface area (Å²) in [7, 11) is -3.77. The summed E-state index contributed by atoms with van der Waals surface area (Å²) in [5.41, 5.74) is 0.634. The third-order valence-electron chi connectivity index (χ3n) is 2.78. The van der Waals surface area contributed by atoms with Crippen LogP contribution in [-0.2, 0) is 14.8 Å². The summed E-state index contributed by atoms with van der Waals surface area (Å²) in [6.07, 6.45) is 0. The van der Waals surface area contributed by atoms with Crippen LogP contribution < -0.4 is 15.8 Å². The molecule has 0 unspecified atom stereocenters. The highest BCUT2D eigenvalue weighted by Gasteiger charge is 2.08. The quantitative estimate of drug-likeness (QED) is 0.776. The molecule has 4 N–H and O–H groups in total. The van der Waals surface area contributed by atoms with Crippen LogP contribution in [0.1, 0.15) is 0 Å². The molecule has 1 amide bonds. The first-order chi connectivity index (χ1) is 10.4. The molecule has 22 heavy (non-hydrogen) atoms. The van der Waals surface area contributed by atoms with E-state index in [1.54, 1.807) is 12.1 Å². The molecule has 0 atom stereocenters. The van der Waals surface area contributed by atoms with E-state index in [1.807, 2.05) is 0 Å². The SMILES string of the molecule is NS(=O)(=O)c1ccc(NC(=O)CNc2ccccc2F)cc1. The number of hydrogen-bond donors (Lipinski definition) is 3. The van der Waals surface area contributed by atoms with E-state index in [2.05, 4.69) is 10.6 Å². The molecule has 0 saturated carbocycles. The zero-order valence-corrected chi connectivity index (χ0v) is 12.2. The zero-order valence-electron chi connectivity index (χ0n) is 11.4. The van der Waals surface area contributed by atoms with Gasteiger partial charge in [0, 0.05) is 5.69 Å². The molecule has 8 heteroatoms. The van der Waals surface area contributed by atoms with Gasteiger partial charge in [-0.1, -0.05) is 12.1 Å². The number of primary sulfonamides is 1. The Balaban J connectivity index is 1.94. The van der Waals surface area contributed by atoms with Gasteiger partial charge in [-0.2, -0.15) is 0 Å². The fourth-order valence-electron chi connectivity index (χ4n) is 1.71. The Labute approximate surface area is 127 Å². The van der Waals surface area contributed by atoms with E-state index < -0.39 is 21.7 Å². The third kappa shape index (κ3) is 4.27. The Bertz CT molecular complexity index is 776. The molecule has 116 valence electrons. The van der Waals surface area contributed by atoms with Crippen molar-refractivity contribution in [2.45, 2.75) is 4.90 Å². The van der Waals surface area contributed by atoms with E-state index in [0.717, 1.165) is 0 Å². The summed E-state index contributed by atoms with van der Waals surface area (Å²) >= 11 is 0. The normalized spacial score (nSPS) is 11.0. The molecule has 0 heterocycles. The number of anilines is 2. The van der Waals surface area contributed by atoms with Crippen molar-refractivity contribution in [1.82, 2.24) is 0 Å². The maximum Gasteiger partial charge on any atom is 0.243 e. The van der Waals surface area contributed by atoms with Crippen molar-refractivity contribution < 1.29 is 17.6 Å². The van der Waals surface area contributed by atoms with Gasteiger partial charge in [-0.05, 0) is 36.4 Å². The Morgan fingerprint density at radius 3 is 2.32 bits per heavy atom. The molecule has 0 spiro atoms. The zero-order chi connectivity index (χ0) is 16.2. The summed E-state index contributed by atoms with van der Waals surface area (Å²) < 4.78 is 35.6. The van der Waals surface area contributed by atoms with E-state index in [-0.39, 0.29) is 17.1 Å². The molecule has 2 aromatic rings. The molecular formula is C14H14FN3O3S. The van der Waals surface area contributed by atoms with Crippen LogP contribution in [-0.4, -0.2) is 20.9 Å². The molecule has 0 saturated heterocycles. The number of rotatable bonds is 5. The molecule has 0 aromatic heterocycles. The second kappa shape index (κ2) is 6.54. The second-order valence-electron chi connectivity index (χ2n) is 4.45. The van der Waals surface area contributed by atoms with Gasteiger partial charge in [-0.25, -0.2) is 17.9 Å². The summed E-state index contributed by atoms with van der Waals surface area (Å²) in [6, 6.07) is 11.4. The van der Waals surface area contributed by atoms with Gasteiger partial charge < -0.3 is 10.6 Å². The lowest BCUT2D eigenvalue weighted by Crippen LogP contribution is -2.22.